The van der Waals surface area contributed by atoms with E-state index in [0.717, 1.165) is 12.0 Å². The number of likely N-dealkylation sites (tertiary alicyclic amines) is 1. The summed E-state index contributed by atoms with van der Waals surface area (Å²) in [6, 6.07) is 1.43. The molecule has 2 heteroatoms. The van der Waals surface area contributed by atoms with Gasteiger partial charge >= 0.3 is 0 Å². The van der Waals surface area contributed by atoms with Gasteiger partial charge in [0.05, 0.1) is 0 Å². The third kappa shape index (κ3) is 5.31. The molecule has 0 aromatic carbocycles. The summed E-state index contributed by atoms with van der Waals surface area (Å²) in [5.41, 5.74) is 0. The van der Waals surface area contributed by atoms with Gasteiger partial charge in [0.1, 0.15) is 0 Å². The van der Waals surface area contributed by atoms with Crippen LogP contribution in [0.4, 0.5) is 0 Å². The van der Waals surface area contributed by atoms with Crippen molar-refractivity contribution in [2.24, 2.45) is 5.92 Å². The van der Waals surface area contributed by atoms with Crippen molar-refractivity contribution in [1.82, 2.24) is 10.2 Å². The first-order valence-electron chi connectivity index (χ1n) is 7.10. The molecule has 0 saturated carbocycles. The van der Waals surface area contributed by atoms with Crippen molar-refractivity contribution < 1.29 is 0 Å². The number of nitrogens with zero attached hydrogens (tertiary/aromatic N) is 1. The van der Waals surface area contributed by atoms with Crippen molar-refractivity contribution in [3.63, 3.8) is 0 Å². The minimum absolute atomic E-state index is 0.679. The Morgan fingerprint density at radius 2 is 1.94 bits per heavy atom. The number of rotatable bonds is 5. The van der Waals surface area contributed by atoms with E-state index in [-0.39, 0.29) is 0 Å². The summed E-state index contributed by atoms with van der Waals surface area (Å²) in [5, 5.41) is 3.81. The Balaban J connectivity index is 2.26. The lowest BCUT2D eigenvalue weighted by molar-refractivity contribution is 0.294. The maximum atomic E-state index is 3.81. The van der Waals surface area contributed by atoms with Gasteiger partial charge < -0.3 is 10.2 Å². The summed E-state index contributed by atoms with van der Waals surface area (Å²) in [6.45, 7) is 13.0. The first kappa shape index (κ1) is 14.0. The maximum absolute atomic E-state index is 3.81. The van der Waals surface area contributed by atoms with E-state index in [1.54, 1.807) is 0 Å². The van der Waals surface area contributed by atoms with E-state index in [4.69, 9.17) is 0 Å². The summed E-state index contributed by atoms with van der Waals surface area (Å²) >= 11 is 0. The molecule has 0 aromatic heterocycles. The van der Waals surface area contributed by atoms with Gasteiger partial charge in [0.2, 0.25) is 0 Å². The molecule has 0 amide bonds. The van der Waals surface area contributed by atoms with Gasteiger partial charge in [-0.2, -0.15) is 0 Å². The third-order valence-corrected chi connectivity index (χ3v) is 3.61. The lowest BCUT2D eigenvalue weighted by Crippen LogP contribution is -2.38. The van der Waals surface area contributed by atoms with Crippen molar-refractivity contribution >= 4 is 0 Å². The van der Waals surface area contributed by atoms with Crippen LogP contribution in [0.25, 0.3) is 0 Å². The standard InChI is InChI=1S/C14H30N2/c1-5-16-9-6-7-14(8-10-16)15-13(4)11-12(2)3/h12-15H,5-11H2,1-4H3. The molecule has 16 heavy (non-hydrogen) atoms. The number of nitrogens with one attached hydrogen (secondary N) is 1. The average molecular weight is 226 g/mol. The van der Waals surface area contributed by atoms with Crippen LogP contribution >= 0.6 is 0 Å². The summed E-state index contributed by atoms with van der Waals surface area (Å²) in [4.78, 5) is 2.58. The van der Waals surface area contributed by atoms with Crippen molar-refractivity contribution in [2.45, 2.75) is 65.5 Å². The Labute approximate surface area is 102 Å². The van der Waals surface area contributed by atoms with Crippen LogP contribution in [0, 0.1) is 5.92 Å². The fraction of sp³-hybridized carbons (Fsp3) is 1.00. The number of hydrogen-bond donors (Lipinski definition) is 1. The molecule has 0 radical (unpaired) electrons. The van der Waals surface area contributed by atoms with E-state index in [9.17, 15) is 0 Å². The molecular weight excluding hydrogens is 196 g/mol. The number of hydrogen-bond acceptors (Lipinski definition) is 2. The van der Waals surface area contributed by atoms with E-state index in [1.807, 2.05) is 0 Å². The Bertz CT molecular complexity index is 180. The van der Waals surface area contributed by atoms with Gasteiger partial charge in [0.25, 0.3) is 0 Å². The average Bonchev–Trinajstić information content (AvgIpc) is 2.41. The van der Waals surface area contributed by atoms with Crippen molar-refractivity contribution in [2.75, 3.05) is 19.6 Å². The van der Waals surface area contributed by atoms with Gasteiger partial charge in [-0.3, -0.25) is 0 Å². The highest BCUT2D eigenvalue weighted by atomic mass is 15.1. The zero-order valence-electron chi connectivity index (χ0n) is 11.6. The summed E-state index contributed by atoms with van der Waals surface area (Å²) in [6.07, 6.45) is 5.35. The summed E-state index contributed by atoms with van der Waals surface area (Å²) in [5.74, 6) is 0.806. The van der Waals surface area contributed by atoms with E-state index < -0.39 is 0 Å². The van der Waals surface area contributed by atoms with Gasteiger partial charge in [-0.05, 0) is 58.2 Å². The molecule has 1 fully saturated rings. The molecular formula is C14H30N2. The third-order valence-electron chi connectivity index (χ3n) is 3.61. The van der Waals surface area contributed by atoms with E-state index >= 15 is 0 Å². The van der Waals surface area contributed by atoms with E-state index in [0.29, 0.717) is 6.04 Å². The van der Waals surface area contributed by atoms with Gasteiger partial charge in [-0.1, -0.05) is 20.8 Å². The highest BCUT2D eigenvalue weighted by molar-refractivity contribution is 4.77. The highest BCUT2D eigenvalue weighted by Crippen LogP contribution is 2.13. The van der Waals surface area contributed by atoms with Crippen LogP contribution in [0.1, 0.15) is 53.4 Å². The molecule has 2 atom stereocenters. The second kappa shape index (κ2) is 7.29. The fourth-order valence-electron chi connectivity index (χ4n) is 2.82. The molecule has 0 aliphatic carbocycles. The molecule has 1 saturated heterocycles. The fourth-order valence-corrected chi connectivity index (χ4v) is 2.82. The highest BCUT2D eigenvalue weighted by Gasteiger charge is 2.17. The van der Waals surface area contributed by atoms with Crippen LogP contribution in [0.15, 0.2) is 0 Å². The second-order valence-electron chi connectivity index (χ2n) is 5.76. The molecule has 1 rings (SSSR count). The molecule has 0 spiro atoms. The molecule has 1 aliphatic heterocycles. The molecule has 1 N–H and O–H groups in total. The monoisotopic (exact) mass is 226 g/mol. The topological polar surface area (TPSA) is 15.3 Å². The Hall–Kier alpha value is -0.0800. The maximum Gasteiger partial charge on any atom is 0.00821 e. The zero-order valence-corrected chi connectivity index (χ0v) is 11.6. The first-order valence-corrected chi connectivity index (χ1v) is 7.10. The molecule has 1 aliphatic rings. The lowest BCUT2D eigenvalue weighted by Gasteiger charge is -2.23. The van der Waals surface area contributed by atoms with Crippen LogP contribution in [0.3, 0.4) is 0 Å². The van der Waals surface area contributed by atoms with Crippen LogP contribution in [-0.2, 0) is 0 Å². The lowest BCUT2D eigenvalue weighted by atomic mass is 10.0. The van der Waals surface area contributed by atoms with Gasteiger partial charge in [0.15, 0.2) is 0 Å². The molecule has 2 unspecified atom stereocenters. The van der Waals surface area contributed by atoms with Crippen molar-refractivity contribution in [3.8, 4) is 0 Å². The zero-order chi connectivity index (χ0) is 12.0. The summed E-state index contributed by atoms with van der Waals surface area (Å²) in [7, 11) is 0. The Kier molecular flexibility index (Phi) is 6.37. The van der Waals surface area contributed by atoms with Crippen LogP contribution in [0.5, 0.6) is 0 Å². The quantitative estimate of drug-likeness (QED) is 0.775. The molecule has 1 heterocycles. The van der Waals surface area contributed by atoms with Crippen LogP contribution < -0.4 is 5.32 Å². The van der Waals surface area contributed by atoms with E-state index in [2.05, 4.69) is 37.9 Å². The van der Waals surface area contributed by atoms with Gasteiger partial charge in [-0.15, -0.1) is 0 Å². The van der Waals surface area contributed by atoms with Crippen LogP contribution in [0.2, 0.25) is 0 Å². The normalized spacial score (nSPS) is 25.7. The SMILES string of the molecule is CCN1CCCC(NC(C)CC(C)C)CC1. The summed E-state index contributed by atoms with van der Waals surface area (Å²) < 4.78 is 0. The molecule has 0 bridgehead atoms. The predicted molar refractivity (Wildman–Crippen MR) is 71.8 cm³/mol. The predicted octanol–water partition coefficient (Wildman–Crippen LogP) is 2.89. The second-order valence-corrected chi connectivity index (χ2v) is 5.76. The van der Waals surface area contributed by atoms with Crippen molar-refractivity contribution in [3.05, 3.63) is 0 Å². The van der Waals surface area contributed by atoms with Gasteiger partial charge in [-0.25, -0.2) is 0 Å². The van der Waals surface area contributed by atoms with E-state index in [1.165, 1.54) is 45.3 Å². The minimum atomic E-state index is 0.679. The first-order chi connectivity index (χ1) is 7.61. The van der Waals surface area contributed by atoms with Crippen LogP contribution in [-0.4, -0.2) is 36.6 Å². The van der Waals surface area contributed by atoms with Gasteiger partial charge in [0, 0.05) is 12.1 Å². The largest absolute Gasteiger partial charge is 0.311 e. The molecule has 96 valence electrons. The minimum Gasteiger partial charge on any atom is -0.311 e. The smallest absolute Gasteiger partial charge is 0.00821 e. The Morgan fingerprint density at radius 1 is 1.19 bits per heavy atom. The van der Waals surface area contributed by atoms with Crippen molar-refractivity contribution in [1.29, 1.82) is 0 Å². The molecule has 0 aromatic rings. The Morgan fingerprint density at radius 3 is 2.56 bits per heavy atom. The molecule has 2 nitrogen and oxygen atoms in total.